The van der Waals surface area contributed by atoms with Crippen LogP contribution in [0.1, 0.15) is 66.9 Å². The lowest BCUT2D eigenvalue weighted by Crippen LogP contribution is -2.22. The summed E-state index contributed by atoms with van der Waals surface area (Å²) >= 11 is 5.68. The molecular weight excluding hydrogens is 554 g/mol. The Balaban J connectivity index is 0.000000428. The summed E-state index contributed by atoms with van der Waals surface area (Å²) in [6.45, 7) is 2.77. The molecule has 228 valence electrons. The highest BCUT2D eigenvalue weighted by Crippen LogP contribution is 2.22. The lowest BCUT2D eigenvalue weighted by molar-refractivity contribution is -0.131. The van der Waals surface area contributed by atoms with Crippen LogP contribution in [0, 0.1) is 0 Å². The molecule has 8 heteroatoms. The molecule has 42 heavy (non-hydrogen) atoms. The van der Waals surface area contributed by atoms with Gasteiger partial charge in [-0.25, -0.2) is 4.79 Å². The van der Waals surface area contributed by atoms with Gasteiger partial charge in [-0.05, 0) is 85.7 Å². The highest BCUT2D eigenvalue weighted by Gasteiger charge is 2.09. The number of halogens is 1. The molecule has 0 aromatic heterocycles. The van der Waals surface area contributed by atoms with Crippen LogP contribution in [0.15, 0.2) is 78.9 Å². The molecule has 1 atom stereocenters. The zero-order chi connectivity index (χ0) is 30.4. The van der Waals surface area contributed by atoms with Gasteiger partial charge in [0.2, 0.25) is 0 Å². The van der Waals surface area contributed by atoms with E-state index < -0.39 is 12.1 Å². The summed E-state index contributed by atoms with van der Waals surface area (Å²) in [5.74, 6) is -0.910. The van der Waals surface area contributed by atoms with Gasteiger partial charge in [0.1, 0.15) is 5.75 Å². The lowest BCUT2D eigenvalue weighted by Gasteiger charge is -2.14. The van der Waals surface area contributed by atoms with E-state index in [4.69, 9.17) is 21.4 Å². The Morgan fingerprint density at radius 1 is 0.905 bits per heavy atom. The molecule has 3 aromatic rings. The van der Waals surface area contributed by atoms with Gasteiger partial charge < -0.3 is 30.5 Å². The summed E-state index contributed by atoms with van der Waals surface area (Å²) in [5, 5.41) is 41.2. The molecule has 0 bridgehead atoms. The summed E-state index contributed by atoms with van der Waals surface area (Å²) in [6.07, 6.45) is 9.81. The molecule has 0 saturated carbocycles. The molecule has 0 radical (unpaired) electrons. The molecule has 1 unspecified atom stereocenters. The van der Waals surface area contributed by atoms with Crippen LogP contribution in [0.5, 0.6) is 5.75 Å². The third kappa shape index (κ3) is 15.7. The Morgan fingerprint density at radius 3 is 2.36 bits per heavy atom. The van der Waals surface area contributed by atoms with E-state index in [1.807, 2.05) is 0 Å². The van der Waals surface area contributed by atoms with E-state index in [0.29, 0.717) is 22.7 Å². The predicted molar refractivity (Wildman–Crippen MR) is 169 cm³/mol. The number of rotatable bonds is 18. The van der Waals surface area contributed by atoms with Crippen molar-refractivity contribution in [2.75, 3.05) is 26.3 Å². The van der Waals surface area contributed by atoms with Crippen LogP contribution in [-0.4, -0.2) is 52.7 Å². The van der Waals surface area contributed by atoms with Crippen molar-refractivity contribution in [1.82, 2.24) is 5.32 Å². The number of carbonyl (C=O) groups is 1. The van der Waals surface area contributed by atoms with Gasteiger partial charge >= 0.3 is 5.97 Å². The average molecular weight is 598 g/mol. The molecule has 0 aliphatic carbocycles. The normalized spacial score (nSPS) is 11.7. The first kappa shape index (κ1) is 35.0. The number of unbranched alkanes of at least 4 members (excludes halogenated alkanes) is 4. The second-order valence-corrected chi connectivity index (χ2v) is 10.4. The Labute approximate surface area is 254 Å². The maximum atomic E-state index is 10.2. The van der Waals surface area contributed by atoms with Crippen molar-refractivity contribution >= 4 is 23.6 Å². The first-order valence-electron chi connectivity index (χ1n) is 14.5. The standard InChI is InChI=1S/C25H37NO4.C9H7ClO2/c27-20-23-18-22(13-14-24(23)28)25(29)19-26-15-7-1-2-8-16-30-17-9-6-12-21-10-4-3-5-11-21;10-8-3-1-2-7(6-8)4-5-9(11)12/h3-5,10-11,13-14,18,25-29H,1-2,6-9,12,15-17,19-20H2;1-6H,(H,11,12)/b;5-4+. The monoisotopic (exact) mass is 597 g/mol. The first-order valence-corrected chi connectivity index (χ1v) is 14.9. The van der Waals surface area contributed by atoms with Crippen LogP contribution in [0.4, 0.5) is 0 Å². The quantitative estimate of drug-likeness (QED) is 0.0833. The van der Waals surface area contributed by atoms with Crippen LogP contribution >= 0.6 is 11.6 Å². The minimum Gasteiger partial charge on any atom is -0.508 e. The number of nitrogens with one attached hydrogen (secondary N) is 1. The number of carboxylic acid groups (broad SMARTS) is 1. The number of aliphatic hydroxyl groups excluding tert-OH is 2. The second kappa shape index (κ2) is 21.5. The van der Waals surface area contributed by atoms with E-state index in [0.717, 1.165) is 69.9 Å². The third-order valence-corrected chi connectivity index (χ3v) is 6.74. The molecular formula is C34H44ClNO6. The van der Waals surface area contributed by atoms with Gasteiger partial charge in [0.25, 0.3) is 0 Å². The van der Waals surface area contributed by atoms with Crippen LogP contribution in [-0.2, 0) is 22.6 Å². The van der Waals surface area contributed by atoms with E-state index in [2.05, 4.69) is 35.6 Å². The van der Waals surface area contributed by atoms with Gasteiger partial charge in [0.05, 0.1) is 12.7 Å². The number of benzene rings is 3. The van der Waals surface area contributed by atoms with Crippen molar-refractivity contribution in [3.8, 4) is 5.75 Å². The Hall–Kier alpha value is -3.20. The number of aryl methyl sites for hydroxylation is 1. The number of hydrogen-bond donors (Lipinski definition) is 5. The van der Waals surface area contributed by atoms with Gasteiger partial charge in [-0.1, -0.05) is 73.0 Å². The summed E-state index contributed by atoms with van der Waals surface area (Å²) in [6, 6.07) is 22.4. The minimum atomic E-state index is -0.963. The summed E-state index contributed by atoms with van der Waals surface area (Å²) in [5.41, 5.74) is 3.32. The van der Waals surface area contributed by atoms with Crippen molar-refractivity contribution in [3.05, 3.63) is 106 Å². The van der Waals surface area contributed by atoms with Crippen LogP contribution in [0.25, 0.3) is 6.08 Å². The van der Waals surface area contributed by atoms with E-state index in [9.17, 15) is 20.1 Å². The van der Waals surface area contributed by atoms with E-state index >= 15 is 0 Å². The van der Waals surface area contributed by atoms with E-state index in [1.165, 1.54) is 24.1 Å². The molecule has 0 saturated heterocycles. The topological polar surface area (TPSA) is 119 Å². The highest BCUT2D eigenvalue weighted by atomic mass is 35.5. The van der Waals surface area contributed by atoms with Crippen molar-refractivity contribution < 1.29 is 30.0 Å². The molecule has 5 N–H and O–H groups in total. The fourth-order valence-corrected chi connectivity index (χ4v) is 4.36. The SMILES string of the molecule is O=C(O)/C=C/c1cccc(Cl)c1.OCc1cc(C(O)CNCCCCCCOCCCCc2ccccc2)ccc1O. The zero-order valence-electron chi connectivity index (χ0n) is 24.1. The van der Waals surface area contributed by atoms with Crippen molar-refractivity contribution in [2.24, 2.45) is 0 Å². The fraction of sp³-hybridized carbons (Fsp3) is 0.382. The molecule has 3 aromatic carbocycles. The van der Waals surface area contributed by atoms with Gasteiger partial charge in [0.15, 0.2) is 0 Å². The van der Waals surface area contributed by atoms with E-state index in [-0.39, 0.29) is 12.4 Å². The predicted octanol–water partition coefficient (Wildman–Crippen LogP) is 6.55. The number of carboxylic acids is 1. The Morgan fingerprint density at radius 2 is 1.64 bits per heavy atom. The number of aromatic hydroxyl groups is 1. The third-order valence-electron chi connectivity index (χ3n) is 6.50. The fourth-order valence-electron chi connectivity index (χ4n) is 4.16. The van der Waals surface area contributed by atoms with Crippen molar-refractivity contribution in [3.63, 3.8) is 0 Å². The molecule has 0 aliphatic rings. The Bertz CT molecular complexity index is 1190. The van der Waals surface area contributed by atoms with Crippen molar-refractivity contribution in [2.45, 2.75) is 57.7 Å². The molecule has 7 nitrogen and oxygen atoms in total. The van der Waals surface area contributed by atoms with Crippen LogP contribution in [0.3, 0.4) is 0 Å². The first-order chi connectivity index (χ1) is 20.4. The van der Waals surface area contributed by atoms with Crippen LogP contribution in [0.2, 0.25) is 5.02 Å². The molecule has 0 fully saturated rings. The van der Waals surface area contributed by atoms with Gasteiger partial charge in [-0.2, -0.15) is 0 Å². The number of hydrogen-bond acceptors (Lipinski definition) is 6. The number of aliphatic hydroxyl groups is 2. The molecule has 3 rings (SSSR count). The largest absolute Gasteiger partial charge is 0.508 e. The molecule has 0 aliphatic heterocycles. The van der Waals surface area contributed by atoms with Crippen LogP contribution < -0.4 is 5.32 Å². The summed E-state index contributed by atoms with van der Waals surface area (Å²) < 4.78 is 5.72. The lowest BCUT2D eigenvalue weighted by atomic mass is 10.1. The average Bonchev–Trinajstić information content (AvgIpc) is 2.99. The number of aliphatic carboxylic acids is 1. The zero-order valence-corrected chi connectivity index (χ0v) is 24.9. The van der Waals surface area contributed by atoms with Gasteiger partial charge in [-0.15, -0.1) is 0 Å². The van der Waals surface area contributed by atoms with Gasteiger partial charge in [-0.3, -0.25) is 0 Å². The number of phenols is 1. The van der Waals surface area contributed by atoms with Crippen molar-refractivity contribution in [1.29, 1.82) is 0 Å². The maximum absolute atomic E-state index is 10.2. The highest BCUT2D eigenvalue weighted by molar-refractivity contribution is 6.30. The summed E-state index contributed by atoms with van der Waals surface area (Å²) in [4.78, 5) is 10.1. The summed E-state index contributed by atoms with van der Waals surface area (Å²) in [7, 11) is 0. The number of ether oxygens (including phenoxy) is 1. The van der Waals surface area contributed by atoms with E-state index in [1.54, 1.807) is 36.4 Å². The maximum Gasteiger partial charge on any atom is 0.328 e. The molecule has 0 amide bonds. The van der Waals surface area contributed by atoms with Gasteiger partial charge in [0, 0.05) is 36.4 Å². The second-order valence-electron chi connectivity index (χ2n) is 9.96. The molecule has 0 heterocycles. The Kier molecular flexibility index (Phi) is 17.9. The smallest absolute Gasteiger partial charge is 0.328 e. The molecule has 0 spiro atoms. The minimum absolute atomic E-state index is 0.0533.